The number of benzene rings is 2. The first-order chi connectivity index (χ1) is 11.2. The van der Waals surface area contributed by atoms with Gasteiger partial charge in [0.2, 0.25) is 0 Å². The van der Waals surface area contributed by atoms with Crippen molar-refractivity contribution in [3.05, 3.63) is 54.3 Å². The van der Waals surface area contributed by atoms with E-state index in [1.165, 1.54) is 0 Å². The number of hydrogen-bond acceptors (Lipinski definition) is 4. The van der Waals surface area contributed by atoms with Gasteiger partial charge in [0.25, 0.3) is 5.91 Å². The average molecular weight is 310 g/mol. The zero-order valence-electron chi connectivity index (χ0n) is 13.1. The Labute approximate surface area is 134 Å². The van der Waals surface area contributed by atoms with Crippen LogP contribution in [0.3, 0.4) is 0 Å². The van der Waals surface area contributed by atoms with E-state index in [0.717, 1.165) is 10.8 Å². The van der Waals surface area contributed by atoms with Gasteiger partial charge < -0.3 is 14.6 Å². The lowest BCUT2D eigenvalue weighted by atomic mass is 10.1. The highest BCUT2D eigenvalue weighted by Gasteiger charge is 2.19. The molecule has 0 aliphatic carbocycles. The maximum absolute atomic E-state index is 12.3. The van der Waals surface area contributed by atoms with Crippen LogP contribution in [0.2, 0.25) is 0 Å². The van der Waals surface area contributed by atoms with Gasteiger partial charge in [0.1, 0.15) is 11.5 Å². The molecule has 5 heteroatoms. The maximum Gasteiger partial charge on any atom is 0.266 e. The minimum atomic E-state index is -0.590. The second kappa shape index (κ2) is 6.52. The summed E-state index contributed by atoms with van der Waals surface area (Å²) in [6.45, 7) is 3.67. The van der Waals surface area contributed by atoms with Gasteiger partial charge in [-0.25, -0.2) is 0 Å². The molecule has 1 N–H and O–H groups in total. The molecule has 5 nitrogen and oxygen atoms in total. The van der Waals surface area contributed by atoms with Gasteiger partial charge >= 0.3 is 0 Å². The lowest BCUT2D eigenvalue weighted by Crippen LogP contribution is -2.32. The molecule has 118 valence electrons. The summed E-state index contributed by atoms with van der Waals surface area (Å²) in [6, 6.07) is 15.5. The fourth-order valence-electron chi connectivity index (χ4n) is 2.36. The lowest BCUT2D eigenvalue weighted by molar-refractivity contribution is -0.122. The van der Waals surface area contributed by atoms with Crippen molar-refractivity contribution in [3.63, 3.8) is 0 Å². The van der Waals surface area contributed by atoms with Crippen LogP contribution in [-0.2, 0) is 4.79 Å². The van der Waals surface area contributed by atoms with Gasteiger partial charge in [-0.3, -0.25) is 4.79 Å². The molecule has 2 aromatic carbocycles. The molecule has 0 radical (unpaired) electrons. The summed E-state index contributed by atoms with van der Waals surface area (Å²) in [6.07, 6.45) is -0.0386. The Bertz CT molecular complexity index is 826. The van der Waals surface area contributed by atoms with E-state index in [1.807, 2.05) is 49.4 Å². The van der Waals surface area contributed by atoms with E-state index < -0.39 is 6.10 Å². The summed E-state index contributed by atoms with van der Waals surface area (Å²) >= 11 is 0. The molecule has 1 heterocycles. The van der Waals surface area contributed by atoms with Crippen LogP contribution in [0.4, 0.5) is 5.82 Å². The van der Waals surface area contributed by atoms with Crippen molar-refractivity contribution >= 4 is 22.5 Å². The Balaban J connectivity index is 1.73. The van der Waals surface area contributed by atoms with Crippen molar-refractivity contribution in [1.82, 2.24) is 5.16 Å². The number of fused-ring (bicyclic) bond motifs is 1. The van der Waals surface area contributed by atoms with E-state index in [0.29, 0.717) is 23.7 Å². The predicted octanol–water partition coefficient (Wildman–Crippen LogP) is 3.93. The van der Waals surface area contributed by atoms with Gasteiger partial charge in [-0.05, 0) is 36.2 Å². The maximum atomic E-state index is 12.3. The SMILES string of the molecule is CCC(Oc1ccc2ccccc2c1)C(=O)Nc1cc(C)on1. The summed E-state index contributed by atoms with van der Waals surface area (Å²) in [5.41, 5.74) is 0. The minimum absolute atomic E-state index is 0.242. The van der Waals surface area contributed by atoms with Crippen molar-refractivity contribution < 1.29 is 14.1 Å². The molecule has 0 fully saturated rings. The predicted molar refractivity (Wildman–Crippen MR) is 88.5 cm³/mol. The number of aromatic nitrogens is 1. The second-order valence-electron chi connectivity index (χ2n) is 5.34. The van der Waals surface area contributed by atoms with Crippen LogP contribution in [0.25, 0.3) is 10.8 Å². The molecule has 0 aliphatic rings. The van der Waals surface area contributed by atoms with Gasteiger partial charge in [0.05, 0.1) is 0 Å². The molecule has 1 unspecified atom stereocenters. The normalized spacial score (nSPS) is 12.1. The first-order valence-corrected chi connectivity index (χ1v) is 7.55. The standard InChI is InChI=1S/C18H18N2O3/c1-3-16(18(21)19-17-10-12(2)23-20-17)22-15-9-8-13-6-4-5-7-14(13)11-15/h4-11,16H,3H2,1-2H3,(H,19,20,21). The molecule has 3 aromatic rings. The topological polar surface area (TPSA) is 64.4 Å². The Hall–Kier alpha value is -2.82. The molecule has 0 saturated heterocycles. The van der Waals surface area contributed by atoms with Crippen LogP contribution in [0, 0.1) is 6.92 Å². The molecule has 1 atom stereocenters. The third kappa shape index (κ3) is 3.51. The smallest absolute Gasteiger partial charge is 0.266 e. The van der Waals surface area contributed by atoms with Gasteiger partial charge in [-0.15, -0.1) is 0 Å². The molecule has 0 bridgehead atoms. The largest absolute Gasteiger partial charge is 0.481 e. The highest BCUT2D eigenvalue weighted by Crippen LogP contribution is 2.22. The summed E-state index contributed by atoms with van der Waals surface area (Å²) in [4.78, 5) is 12.3. The number of nitrogens with zero attached hydrogens (tertiary/aromatic N) is 1. The van der Waals surface area contributed by atoms with Crippen LogP contribution in [0.1, 0.15) is 19.1 Å². The van der Waals surface area contributed by atoms with Crippen LogP contribution >= 0.6 is 0 Å². The lowest BCUT2D eigenvalue weighted by Gasteiger charge is -2.16. The molecule has 0 spiro atoms. The summed E-state index contributed by atoms with van der Waals surface area (Å²) in [5, 5.41) is 8.67. The Morgan fingerprint density at radius 3 is 2.70 bits per heavy atom. The number of carbonyl (C=O) groups excluding carboxylic acids is 1. The van der Waals surface area contributed by atoms with Crippen molar-refractivity contribution in [2.75, 3.05) is 5.32 Å². The third-order valence-corrected chi connectivity index (χ3v) is 3.54. The quantitative estimate of drug-likeness (QED) is 0.775. The number of rotatable bonds is 5. The van der Waals surface area contributed by atoms with E-state index in [9.17, 15) is 4.79 Å². The number of nitrogens with one attached hydrogen (secondary N) is 1. The summed E-state index contributed by atoms with van der Waals surface area (Å²) in [5.74, 6) is 1.47. The second-order valence-corrected chi connectivity index (χ2v) is 5.34. The number of aryl methyl sites for hydroxylation is 1. The van der Waals surface area contributed by atoms with Crippen molar-refractivity contribution in [2.45, 2.75) is 26.4 Å². The monoisotopic (exact) mass is 310 g/mol. The first kappa shape index (κ1) is 15.1. The fraction of sp³-hybridized carbons (Fsp3) is 0.222. The van der Waals surface area contributed by atoms with Crippen molar-refractivity contribution in [2.24, 2.45) is 0 Å². The Kier molecular flexibility index (Phi) is 4.28. The molecule has 3 rings (SSSR count). The minimum Gasteiger partial charge on any atom is -0.481 e. The van der Waals surface area contributed by atoms with Crippen molar-refractivity contribution in [3.8, 4) is 5.75 Å². The number of carbonyl (C=O) groups is 1. The summed E-state index contributed by atoms with van der Waals surface area (Å²) in [7, 11) is 0. The van der Waals surface area contributed by atoms with E-state index >= 15 is 0 Å². The number of hydrogen-bond donors (Lipinski definition) is 1. The number of ether oxygens (including phenoxy) is 1. The van der Waals surface area contributed by atoms with Gasteiger partial charge in [0.15, 0.2) is 11.9 Å². The number of amides is 1. The molecule has 0 saturated carbocycles. The van der Waals surface area contributed by atoms with Crippen LogP contribution in [0.5, 0.6) is 5.75 Å². The van der Waals surface area contributed by atoms with Crippen LogP contribution in [0.15, 0.2) is 53.1 Å². The van der Waals surface area contributed by atoms with Gasteiger partial charge in [-0.2, -0.15) is 0 Å². The molecular weight excluding hydrogens is 292 g/mol. The fourth-order valence-corrected chi connectivity index (χ4v) is 2.36. The first-order valence-electron chi connectivity index (χ1n) is 7.55. The van der Waals surface area contributed by atoms with Crippen LogP contribution < -0.4 is 10.1 Å². The van der Waals surface area contributed by atoms with E-state index in [1.54, 1.807) is 13.0 Å². The zero-order valence-corrected chi connectivity index (χ0v) is 13.1. The third-order valence-electron chi connectivity index (χ3n) is 3.54. The highest BCUT2D eigenvalue weighted by molar-refractivity contribution is 5.93. The highest BCUT2D eigenvalue weighted by atomic mass is 16.5. The van der Waals surface area contributed by atoms with E-state index in [2.05, 4.69) is 10.5 Å². The Morgan fingerprint density at radius 1 is 1.22 bits per heavy atom. The summed E-state index contributed by atoms with van der Waals surface area (Å²) < 4.78 is 10.8. The average Bonchev–Trinajstić information content (AvgIpc) is 2.97. The molecule has 1 aromatic heterocycles. The molecule has 1 amide bonds. The number of anilines is 1. The van der Waals surface area contributed by atoms with E-state index in [-0.39, 0.29) is 5.91 Å². The molecule has 23 heavy (non-hydrogen) atoms. The molecule has 0 aliphatic heterocycles. The molecular formula is C18H18N2O3. The van der Waals surface area contributed by atoms with Crippen molar-refractivity contribution in [1.29, 1.82) is 0 Å². The van der Waals surface area contributed by atoms with Gasteiger partial charge in [0, 0.05) is 6.07 Å². The van der Waals surface area contributed by atoms with Gasteiger partial charge in [-0.1, -0.05) is 42.4 Å². The Morgan fingerprint density at radius 2 is 2.00 bits per heavy atom. The van der Waals surface area contributed by atoms with E-state index in [4.69, 9.17) is 9.26 Å². The zero-order chi connectivity index (χ0) is 16.2. The van der Waals surface area contributed by atoms with Crippen LogP contribution in [-0.4, -0.2) is 17.2 Å².